The van der Waals surface area contributed by atoms with E-state index in [9.17, 15) is 4.79 Å². The van der Waals surface area contributed by atoms with Crippen LogP contribution in [0.1, 0.15) is 16.3 Å². The second-order valence-corrected chi connectivity index (χ2v) is 3.07. The van der Waals surface area contributed by atoms with Gasteiger partial charge in [-0.1, -0.05) is 0 Å². The largest absolute Gasteiger partial charge is 0.331 e. The Bertz CT molecular complexity index is 469. The first-order valence-corrected chi connectivity index (χ1v) is 4.20. The summed E-state index contributed by atoms with van der Waals surface area (Å²) < 4.78 is 3.27. The minimum atomic E-state index is -0.155. The Kier molecular flexibility index (Phi) is 1.92. The third-order valence-corrected chi connectivity index (χ3v) is 1.97. The summed E-state index contributed by atoms with van der Waals surface area (Å²) in [6.07, 6.45) is 5.06. The Morgan fingerprint density at radius 1 is 1.36 bits per heavy atom. The van der Waals surface area contributed by atoms with Crippen molar-refractivity contribution in [3.63, 3.8) is 0 Å². The standard InChI is InChI=1S/C9H10N4O/c1-12-6-4-10-9(12)8(14)7-3-5-13(2)11-7/h3-6H,1-2H3. The maximum absolute atomic E-state index is 11.8. The number of imidazole rings is 1. The molecule has 5 nitrogen and oxygen atoms in total. The molecule has 0 bridgehead atoms. The van der Waals surface area contributed by atoms with E-state index in [1.807, 2.05) is 0 Å². The van der Waals surface area contributed by atoms with Crippen LogP contribution in [0.2, 0.25) is 0 Å². The van der Waals surface area contributed by atoms with Crippen LogP contribution in [-0.4, -0.2) is 25.1 Å². The highest BCUT2D eigenvalue weighted by Crippen LogP contribution is 2.04. The number of aryl methyl sites for hydroxylation is 2. The lowest BCUT2D eigenvalue weighted by atomic mass is 10.3. The van der Waals surface area contributed by atoms with Gasteiger partial charge in [0.25, 0.3) is 0 Å². The number of aromatic nitrogens is 4. The molecule has 0 radical (unpaired) electrons. The number of carbonyl (C=O) groups is 1. The summed E-state index contributed by atoms with van der Waals surface area (Å²) in [4.78, 5) is 15.7. The van der Waals surface area contributed by atoms with E-state index in [1.54, 1.807) is 48.0 Å². The summed E-state index contributed by atoms with van der Waals surface area (Å²) in [5, 5.41) is 4.02. The van der Waals surface area contributed by atoms with Gasteiger partial charge < -0.3 is 4.57 Å². The molecule has 0 saturated heterocycles. The van der Waals surface area contributed by atoms with Crippen molar-refractivity contribution in [2.45, 2.75) is 0 Å². The van der Waals surface area contributed by atoms with Gasteiger partial charge in [0.2, 0.25) is 5.78 Å². The molecule has 2 heterocycles. The van der Waals surface area contributed by atoms with E-state index in [-0.39, 0.29) is 5.78 Å². The molecule has 0 saturated carbocycles. The predicted octanol–water partition coefficient (Wildman–Crippen LogP) is 0.385. The Morgan fingerprint density at radius 3 is 2.64 bits per heavy atom. The summed E-state index contributed by atoms with van der Waals surface area (Å²) in [6, 6.07) is 1.68. The predicted molar refractivity (Wildman–Crippen MR) is 49.8 cm³/mol. The molecule has 0 fully saturated rings. The summed E-state index contributed by atoms with van der Waals surface area (Å²) in [5.41, 5.74) is 0.418. The molecule has 2 aromatic heterocycles. The Morgan fingerprint density at radius 2 is 2.14 bits per heavy atom. The van der Waals surface area contributed by atoms with Gasteiger partial charge in [-0.15, -0.1) is 0 Å². The van der Waals surface area contributed by atoms with Crippen LogP contribution in [0.3, 0.4) is 0 Å². The van der Waals surface area contributed by atoms with E-state index >= 15 is 0 Å². The van der Waals surface area contributed by atoms with Crippen molar-refractivity contribution in [3.05, 3.63) is 36.2 Å². The Balaban J connectivity index is 2.38. The van der Waals surface area contributed by atoms with Crippen molar-refractivity contribution in [1.29, 1.82) is 0 Å². The van der Waals surface area contributed by atoms with Crippen molar-refractivity contribution >= 4 is 5.78 Å². The average molecular weight is 190 g/mol. The molecule has 14 heavy (non-hydrogen) atoms. The normalized spacial score (nSPS) is 10.4. The van der Waals surface area contributed by atoms with Crippen molar-refractivity contribution < 1.29 is 4.79 Å². The SMILES string of the molecule is Cn1ccc(C(=O)c2nccn2C)n1. The lowest BCUT2D eigenvalue weighted by molar-refractivity contribution is 0.102. The maximum Gasteiger partial charge on any atom is 0.248 e. The third kappa shape index (κ3) is 1.32. The Hall–Kier alpha value is -1.91. The second-order valence-electron chi connectivity index (χ2n) is 3.07. The minimum absolute atomic E-state index is 0.155. The summed E-state index contributed by atoms with van der Waals surface area (Å²) in [7, 11) is 3.55. The van der Waals surface area contributed by atoms with Crippen LogP contribution in [0.25, 0.3) is 0 Å². The molecular formula is C9H10N4O. The third-order valence-electron chi connectivity index (χ3n) is 1.97. The van der Waals surface area contributed by atoms with Crippen molar-refractivity contribution in [1.82, 2.24) is 19.3 Å². The summed E-state index contributed by atoms with van der Waals surface area (Å²) in [5.74, 6) is 0.252. The van der Waals surface area contributed by atoms with E-state index < -0.39 is 0 Å². The highest BCUT2D eigenvalue weighted by Gasteiger charge is 2.15. The minimum Gasteiger partial charge on any atom is -0.331 e. The summed E-state index contributed by atoms with van der Waals surface area (Å²) in [6.45, 7) is 0. The molecule has 2 aromatic rings. The highest BCUT2D eigenvalue weighted by atomic mass is 16.1. The van der Waals surface area contributed by atoms with E-state index in [0.717, 1.165) is 0 Å². The number of carbonyl (C=O) groups excluding carboxylic acids is 1. The molecule has 0 aromatic carbocycles. The maximum atomic E-state index is 11.8. The zero-order valence-electron chi connectivity index (χ0n) is 8.01. The van der Waals surface area contributed by atoms with Crippen LogP contribution < -0.4 is 0 Å². The zero-order valence-corrected chi connectivity index (χ0v) is 8.01. The van der Waals surface area contributed by atoms with Crippen molar-refractivity contribution in [2.75, 3.05) is 0 Å². The van der Waals surface area contributed by atoms with Gasteiger partial charge in [-0.3, -0.25) is 9.48 Å². The number of hydrogen-bond acceptors (Lipinski definition) is 3. The van der Waals surface area contributed by atoms with Crippen LogP contribution >= 0.6 is 0 Å². The molecule has 0 N–H and O–H groups in total. The number of rotatable bonds is 2. The molecule has 5 heteroatoms. The van der Waals surface area contributed by atoms with Crippen LogP contribution in [0.4, 0.5) is 0 Å². The molecule has 0 aliphatic carbocycles. The van der Waals surface area contributed by atoms with E-state index in [4.69, 9.17) is 0 Å². The number of ketones is 1. The Labute approximate surface area is 81.0 Å². The first-order valence-electron chi connectivity index (χ1n) is 4.20. The molecule has 72 valence electrons. The van der Waals surface area contributed by atoms with Crippen molar-refractivity contribution in [2.24, 2.45) is 14.1 Å². The van der Waals surface area contributed by atoms with Crippen LogP contribution in [-0.2, 0) is 14.1 Å². The molecule has 0 aliphatic rings. The van der Waals surface area contributed by atoms with Crippen LogP contribution in [0.5, 0.6) is 0 Å². The fourth-order valence-corrected chi connectivity index (χ4v) is 1.24. The number of nitrogens with zero attached hydrogens (tertiary/aromatic N) is 4. The van der Waals surface area contributed by atoms with Gasteiger partial charge in [0.05, 0.1) is 0 Å². The summed E-state index contributed by atoms with van der Waals surface area (Å²) >= 11 is 0. The van der Waals surface area contributed by atoms with Gasteiger partial charge in [-0.2, -0.15) is 5.10 Å². The van der Waals surface area contributed by atoms with Crippen molar-refractivity contribution in [3.8, 4) is 0 Å². The first kappa shape index (κ1) is 8.68. The van der Waals surface area contributed by atoms with Gasteiger partial charge >= 0.3 is 0 Å². The van der Waals surface area contributed by atoms with Gasteiger partial charge in [0, 0.05) is 32.7 Å². The van der Waals surface area contributed by atoms with Crippen LogP contribution in [0, 0.1) is 0 Å². The zero-order chi connectivity index (χ0) is 10.1. The van der Waals surface area contributed by atoms with Crippen LogP contribution in [0.15, 0.2) is 24.7 Å². The van der Waals surface area contributed by atoms with Gasteiger partial charge in [0.15, 0.2) is 5.82 Å². The molecule has 0 spiro atoms. The molecule has 0 unspecified atom stereocenters. The smallest absolute Gasteiger partial charge is 0.248 e. The molecule has 0 atom stereocenters. The lowest BCUT2D eigenvalue weighted by Gasteiger charge is -1.96. The lowest BCUT2D eigenvalue weighted by Crippen LogP contribution is -2.09. The van der Waals surface area contributed by atoms with E-state index in [2.05, 4.69) is 10.1 Å². The van der Waals surface area contributed by atoms with E-state index in [1.165, 1.54) is 0 Å². The van der Waals surface area contributed by atoms with E-state index in [0.29, 0.717) is 11.5 Å². The monoisotopic (exact) mass is 190 g/mol. The highest BCUT2D eigenvalue weighted by molar-refractivity contribution is 6.05. The average Bonchev–Trinajstić information content (AvgIpc) is 2.73. The molecule has 0 amide bonds. The first-order chi connectivity index (χ1) is 6.68. The molecule has 2 rings (SSSR count). The topological polar surface area (TPSA) is 52.7 Å². The fraction of sp³-hybridized carbons (Fsp3) is 0.222. The second kappa shape index (κ2) is 3.10. The van der Waals surface area contributed by atoms with Gasteiger partial charge in [0.1, 0.15) is 5.69 Å². The molecular weight excluding hydrogens is 180 g/mol. The van der Waals surface area contributed by atoms with Gasteiger partial charge in [-0.25, -0.2) is 4.98 Å². The quantitative estimate of drug-likeness (QED) is 0.643. The fourth-order valence-electron chi connectivity index (χ4n) is 1.24. The van der Waals surface area contributed by atoms with Gasteiger partial charge in [-0.05, 0) is 6.07 Å². The molecule has 0 aliphatic heterocycles. The number of hydrogen-bond donors (Lipinski definition) is 0.